The molecule has 0 unspecified atom stereocenters. The largest absolute Gasteiger partial charge is 0.396 e. The first-order valence-corrected chi connectivity index (χ1v) is 11.1. The van der Waals surface area contributed by atoms with Gasteiger partial charge in [-0.3, -0.25) is 14.7 Å². The summed E-state index contributed by atoms with van der Waals surface area (Å²) in [5, 5.41) is 10.0. The SMILES string of the molecule is CSCCC(=O)N1CCC2(CCN(Cc3ccccn3)CC2)[C@H](CO)C1. The third-order valence-corrected chi connectivity index (χ3v) is 6.86. The van der Waals surface area contributed by atoms with Gasteiger partial charge >= 0.3 is 0 Å². The zero-order valence-electron chi connectivity index (χ0n) is 15.8. The Hall–Kier alpha value is -1.11. The average Bonchev–Trinajstić information content (AvgIpc) is 2.69. The number of aliphatic hydroxyl groups excluding tert-OH is 1. The maximum Gasteiger partial charge on any atom is 0.223 e. The molecule has 26 heavy (non-hydrogen) atoms. The highest BCUT2D eigenvalue weighted by molar-refractivity contribution is 7.98. The second-order valence-electron chi connectivity index (χ2n) is 7.67. The summed E-state index contributed by atoms with van der Waals surface area (Å²) in [4.78, 5) is 21.3. The quantitative estimate of drug-likeness (QED) is 0.824. The highest BCUT2D eigenvalue weighted by atomic mass is 32.2. The van der Waals surface area contributed by atoms with Crippen LogP contribution in [0, 0.1) is 11.3 Å². The number of thioether (sulfide) groups is 1. The van der Waals surface area contributed by atoms with E-state index < -0.39 is 0 Å². The molecule has 1 aromatic rings. The minimum absolute atomic E-state index is 0.187. The van der Waals surface area contributed by atoms with Crippen molar-refractivity contribution in [1.82, 2.24) is 14.8 Å². The summed E-state index contributed by atoms with van der Waals surface area (Å²) in [5.41, 5.74) is 1.32. The van der Waals surface area contributed by atoms with Gasteiger partial charge in [0, 0.05) is 50.5 Å². The smallest absolute Gasteiger partial charge is 0.223 e. The van der Waals surface area contributed by atoms with Crippen LogP contribution in [0.1, 0.15) is 31.4 Å². The van der Waals surface area contributed by atoms with Gasteiger partial charge < -0.3 is 10.0 Å². The van der Waals surface area contributed by atoms with E-state index in [2.05, 4.69) is 16.0 Å². The fourth-order valence-electron chi connectivity index (χ4n) is 4.47. The molecule has 1 aromatic heterocycles. The van der Waals surface area contributed by atoms with Crippen molar-refractivity contribution in [3.8, 4) is 0 Å². The second kappa shape index (κ2) is 9.20. The topological polar surface area (TPSA) is 56.7 Å². The van der Waals surface area contributed by atoms with Crippen molar-refractivity contribution in [2.45, 2.75) is 32.2 Å². The van der Waals surface area contributed by atoms with E-state index in [0.29, 0.717) is 6.42 Å². The number of nitrogens with zero attached hydrogens (tertiary/aromatic N) is 3. The van der Waals surface area contributed by atoms with Gasteiger partial charge in [-0.25, -0.2) is 0 Å². The number of aromatic nitrogens is 1. The molecule has 1 N–H and O–H groups in total. The van der Waals surface area contributed by atoms with Crippen molar-refractivity contribution < 1.29 is 9.90 Å². The number of hydrogen-bond acceptors (Lipinski definition) is 5. The summed E-state index contributed by atoms with van der Waals surface area (Å²) in [5.74, 6) is 1.35. The van der Waals surface area contributed by atoms with E-state index in [1.54, 1.807) is 11.8 Å². The van der Waals surface area contributed by atoms with Gasteiger partial charge in [0.2, 0.25) is 5.91 Å². The van der Waals surface area contributed by atoms with E-state index in [1.807, 2.05) is 29.5 Å². The van der Waals surface area contributed by atoms with Gasteiger partial charge in [0.25, 0.3) is 0 Å². The van der Waals surface area contributed by atoms with E-state index in [9.17, 15) is 9.90 Å². The van der Waals surface area contributed by atoms with Crippen molar-refractivity contribution in [2.24, 2.45) is 11.3 Å². The van der Waals surface area contributed by atoms with Crippen molar-refractivity contribution in [2.75, 3.05) is 44.8 Å². The van der Waals surface area contributed by atoms with Crippen LogP contribution < -0.4 is 0 Å². The van der Waals surface area contributed by atoms with Crippen LogP contribution in [0.15, 0.2) is 24.4 Å². The molecule has 6 heteroatoms. The Kier molecular flexibility index (Phi) is 6.95. The van der Waals surface area contributed by atoms with Crippen molar-refractivity contribution >= 4 is 17.7 Å². The highest BCUT2D eigenvalue weighted by Crippen LogP contribution is 2.45. The summed E-state index contributed by atoms with van der Waals surface area (Å²) in [6.07, 6.45) is 7.75. The summed E-state index contributed by atoms with van der Waals surface area (Å²) in [7, 11) is 0. The number of pyridine rings is 1. The lowest BCUT2D eigenvalue weighted by molar-refractivity contribution is -0.137. The Labute approximate surface area is 161 Å². The summed E-state index contributed by atoms with van der Waals surface area (Å²) in [6.45, 7) is 4.77. The molecule has 2 aliphatic rings. The van der Waals surface area contributed by atoms with Crippen LogP contribution >= 0.6 is 11.8 Å². The maximum atomic E-state index is 12.4. The van der Waals surface area contributed by atoms with Crippen LogP contribution in [0.2, 0.25) is 0 Å². The zero-order chi connectivity index (χ0) is 18.4. The molecule has 0 bridgehead atoms. The van der Waals surface area contributed by atoms with Gasteiger partial charge in [-0.05, 0) is 56.2 Å². The van der Waals surface area contributed by atoms with E-state index in [-0.39, 0.29) is 23.8 Å². The van der Waals surface area contributed by atoms with E-state index in [1.165, 1.54) is 0 Å². The van der Waals surface area contributed by atoms with E-state index in [4.69, 9.17) is 0 Å². The molecule has 5 nitrogen and oxygen atoms in total. The molecule has 3 heterocycles. The summed E-state index contributed by atoms with van der Waals surface area (Å²) < 4.78 is 0. The first-order valence-electron chi connectivity index (χ1n) is 9.67. The first-order chi connectivity index (χ1) is 12.7. The monoisotopic (exact) mass is 377 g/mol. The lowest BCUT2D eigenvalue weighted by Crippen LogP contribution is -2.54. The zero-order valence-corrected chi connectivity index (χ0v) is 16.6. The predicted octanol–water partition coefficient (Wildman–Crippen LogP) is 2.26. The molecule has 1 amide bonds. The normalized spacial score (nSPS) is 23.3. The number of carbonyl (C=O) groups excluding carboxylic acids is 1. The van der Waals surface area contributed by atoms with Gasteiger partial charge in [-0.2, -0.15) is 11.8 Å². The minimum Gasteiger partial charge on any atom is -0.396 e. The van der Waals surface area contributed by atoms with Gasteiger partial charge in [0.15, 0.2) is 0 Å². The Morgan fingerprint density at radius 1 is 1.31 bits per heavy atom. The van der Waals surface area contributed by atoms with Crippen LogP contribution in [0.3, 0.4) is 0 Å². The number of aliphatic hydroxyl groups is 1. The number of carbonyl (C=O) groups is 1. The van der Waals surface area contributed by atoms with Gasteiger partial charge in [-0.1, -0.05) is 6.07 Å². The molecule has 144 valence electrons. The molecule has 0 aliphatic carbocycles. The Morgan fingerprint density at radius 2 is 2.08 bits per heavy atom. The van der Waals surface area contributed by atoms with Crippen molar-refractivity contribution in [3.63, 3.8) is 0 Å². The number of piperidine rings is 2. The van der Waals surface area contributed by atoms with Gasteiger partial charge in [0.05, 0.1) is 5.69 Å². The second-order valence-corrected chi connectivity index (χ2v) is 8.66. The van der Waals surface area contributed by atoms with Crippen LogP contribution in [0.4, 0.5) is 0 Å². The maximum absolute atomic E-state index is 12.4. The van der Waals surface area contributed by atoms with Crippen molar-refractivity contribution in [1.29, 1.82) is 0 Å². The Bertz CT molecular complexity index is 576. The fourth-order valence-corrected chi connectivity index (χ4v) is 4.85. The van der Waals surface area contributed by atoms with Crippen molar-refractivity contribution in [3.05, 3.63) is 30.1 Å². The molecule has 0 radical (unpaired) electrons. The minimum atomic E-state index is 0.187. The molecule has 1 atom stereocenters. The first kappa shape index (κ1) is 19.6. The standard InChI is InChI=1S/C20H31N3O2S/c1-26-13-5-19(25)23-12-8-20(17(14-23)16-24)6-10-22(11-7-20)15-18-4-2-3-9-21-18/h2-4,9,17,24H,5-8,10-16H2,1H3/t17-/m0/s1. The molecule has 0 saturated carbocycles. The lowest BCUT2D eigenvalue weighted by atomic mass is 9.64. The molecule has 1 spiro atoms. The molecule has 0 aromatic carbocycles. The molecular formula is C20H31N3O2S. The van der Waals surface area contributed by atoms with Crippen LogP contribution in [0.5, 0.6) is 0 Å². The molecule has 2 fully saturated rings. The number of amides is 1. The molecule has 2 aliphatic heterocycles. The third-order valence-electron chi connectivity index (χ3n) is 6.24. The summed E-state index contributed by atoms with van der Waals surface area (Å²) in [6, 6.07) is 6.08. The average molecular weight is 378 g/mol. The van der Waals surface area contributed by atoms with Gasteiger partial charge in [0.1, 0.15) is 0 Å². The third kappa shape index (κ3) is 4.59. The van der Waals surface area contributed by atoms with Crippen LogP contribution in [-0.2, 0) is 11.3 Å². The number of likely N-dealkylation sites (tertiary alicyclic amines) is 2. The lowest BCUT2D eigenvalue weighted by Gasteiger charge is -2.51. The predicted molar refractivity (Wildman–Crippen MR) is 106 cm³/mol. The van der Waals surface area contributed by atoms with Crippen LogP contribution in [-0.4, -0.2) is 70.6 Å². The van der Waals surface area contributed by atoms with E-state index in [0.717, 1.165) is 63.4 Å². The molecular weight excluding hydrogens is 346 g/mol. The fraction of sp³-hybridized carbons (Fsp3) is 0.700. The van der Waals surface area contributed by atoms with E-state index >= 15 is 0 Å². The molecule has 2 saturated heterocycles. The van der Waals surface area contributed by atoms with Gasteiger partial charge in [-0.15, -0.1) is 0 Å². The molecule has 3 rings (SSSR count). The Balaban J connectivity index is 1.55. The number of hydrogen-bond donors (Lipinski definition) is 1. The summed E-state index contributed by atoms with van der Waals surface area (Å²) >= 11 is 1.72. The van der Waals surface area contributed by atoms with Crippen LogP contribution in [0.25, 0.3) is 0 Å². The number of rotatable bonds is 6. The highest BCUT2D eigenvalue weighted by Gasteiger charge is 2.45. The Morgan fingerprint density at radius 3 is 2.73 bits per heavy atom.